The molecule has 53 heavy (non-hydrogen) atoms. The third-order valence-electron chi connectivity index (χ3n) is 10.5. The van der Waals surface area contributed by atoms with E-state index in [-0.39, 0.29) is 22.8 Å². The molecule has 3 heterocycles. The number of aryl methyl sites for hydroxylation is 1. The van der Waals surface area contributed by atoms with Crippen molar-refractivity contribution < 1.29 is 23.6 Å². The lowest BCUT2D eigenvalue weighted by molar-refractivity contribution is -0.401. The molecule has 0 unspecified atom stereocenters. The van der Waals surface area contributed by atoms with Crippen molar-refractivity contribution in [3.05, 3.63) is 110 Å². The molecular formula is C43H51N4O4S2+. The molecule has 10 heteroatoms. The van der Waals surface area contributed by atoms with Crippen LogP contribution in [0.25, 0.3) is 0 Å². The van der Waals surface area contributed by atoms with Gasteiger partial charge in [-0.15, -0.1) is 10.2 Å². The zero-order chi connectivity index (χ0) is 38.1. The van der Waals surface area contributed by atoms with E-state index in [0.29, 0.717) is 24.3 Å². The fourth-order valence-corrected chi connectivity index (χ4v) is 9.78. The predicted molar refractivity (Wildman–Crippen MR) is 216 cm³/mol. The van der Waals surface area contributed by atoms with Crippen LogP contribution in [0.1, 0.15) is 111 Å². The quantitative estimate of drug-likeness (QED) is 0.134. The zero-order valence-electron chi connectivity index (χ0n) is 32.5. The second-order valence-electron chi connectivity index (χ2n) is 14.8. The highest BCUT2D eigenvalue weighted by atomic mass is 32.2. The lowest BCUT2D eigenvalue weighted by Crippen LogP contribution is -2.26. The van der Waals surface area contributed by atoms with E-state index < -0.39 is 0 Å². The van der Waals surface area contributed by atoms with Crippen LogP contribution in [0.4, 0.5) is 11.4 Å². The molecule has 0 radical (unpaired) electrons. The van der Waals surface area contributed by atoms with Crippen LogP contribution < -0.4 is 4.90 Å². The summed E-state index contributed by atoms with van der Waals surface area (Å²) in [6, 6.07) is 11.9. The minimum Gasteiger partial charge on any atom is -0.462 e. The molecule has 1 aromatic heterocycles. The summed E-state index contributed by atoms with van der Waals surface area (Å²) in [7, 11) is 4.08. The molecule has 0 amide bonds. The Bertz CT molecular complexity index is 2100. The maximum absolute atomic E-state index is 13.1. The molecule has 0 N–H and O–H groups in total. The van der Waals surface area contributed by atoms with E-state index in [2.05, 4.69) is 90.7 Å². The number of rotatable bonds is 12. The van der Waals surface area contributed by atoms with Crippen LogP contribution in [-0.2, 0) is 26.7 Å². The van der Waals surface area contributed by atoms with Gasteiger partial charge in [0.2, 0.25) is 5.69 Å². The summed E-state index contributed by atoms with van der Waals surface area (Å²) in [5.74, 6) is -0.569. The molecule has 2 aromatic carbocycles. The number of ether oxygens (including phenoxy) is 2. The number of allylic oxidation sites excluding steroid dienone is 7. The van der Waals surface area contributed by atoms with Gasteiger partial charge < -0.3 is 14.4 Å². The number of thioether (sulfide) groups is 1. The van der Waals surface area contributed by atoms with Gasteiger partial charge >= 0.3 is 11.9 Å². The van der Waals surface area contributed by atoms with Crippen molar-refractivity contribution in [1.82, 2.24) is 10.2 Å². The van der Waals surface area contributed by atoms with Gasteiger partial charge in [0.25, 0.3) is 0 Å². The molecule has 3 aromatic rings. The average molecular weight is 752 g/mol. The van der Waals surface area contributed by atoms with Gasteiger partial charge in [0.15, 0.2) is 10.1 Å². The Morgan fingerprint density at radius 2 is 1.55 bits per heavy atom. The Morgan fingerprint density at radius 3 is 2.21 bits per heavy atom. The molecular weight excluding hydrogens is 701 g/mol. The summed E-state index contributed by atoms with van der Waals surface area (Å²) >= 11 is 3.33. The molecule has 6 rings (SSSR count). The zero-order valence-corrected chi connectivity index (χ0v) is 34.1. The van der Waals surface area contributed by atoms with Crippen molar-refractivity contribution in [3.63, 3.8) is 0 Å². The molecule has 3 aliphatic rings. The van der Waals surface area contributed by atoms with Crippen LogP contribution in [0.3, 0.4) is 0 Å². The molecule has 278 valence electrons. The maximum atomic E-state index is 13.1. The highest BCUT2D eigenvalue weighted by Crippen LogP contribution is 2.50. The number of esters is 2. The largest absolute Gasteiger partial charge is 0.462 e. The SMILES string of the molecule is CCCOC(=O)c1cccc2c1N(C)/C(=C/C=C1\CCC(/C=C/C3=[N+](C)c4c(C(=O)OCCC)cccc4C3(C)C)=C1Sc1nnc(CC)s1)C2(C)C. The maximum Gasteiger partial charge on any atom is 0.344 e. The number of anilines is 1. The summed E-state index contributed by atoms with van der Waals surface area (Å²) < 4.78 is 14.2. The van der Waals surface area contributed by atoms with E-state index in [1.165, 1.54) is 16.1 Å². The molecule has 2 aliphatic heterocycles. The second-order valence-corrected chi connectivity index (χ2v) is 17.1. The molecule has 0 saturated heterocycles. The van der Waals surface area contributed by atoms with Crippen molar-refractivity contribution in [2.75, 3.05) is 32.2 Å². The van der Waals surface area contributed by atoms with Crippen LogP contribution >= 0.6 is 23.1 Å². The van der Waals surface area contributed by atoms with Gasteiger partial charge in [-0.25, -0.2) is 9.59 Å². The van der Waals surface area contributed by atoms with Gasteiger partial charge in [-0.1, -0.05) is 94.1 Å². The number of hydrogen-bond acceptors (Lipinski definition) is 9. The smallest absolute Gasteiger partial charge is 0.344 e. The van der Waals surface area contributed by atoms with Crippen molar-refractivity contribution in [3.8, 4) is 0 Å². The first kappa shape index (κ1) is 38.4. The molecule has 1 aliphatic carbocycles. The topological polar surface area (TPSA) is 84.6 Å². The van der Waals surface area contributed by atoms with E-state index in [1.807, 2.05) is 52.2 Å². The monoisotopic (exact) mass is 751 g/mol. The fraction of sp³-hybridized carbons (Fsp3) is 0.419. The number of benzene rings is 2. The Balaban J connectivity index is 1.38. The fourth-order valence-electron chi connectivity index (χ4n) is 7.71. The number of likely N-dealkylation sites (N-methyl/N-ethyl adjacent to an activating group) is 1. The standard InChI is InChI=1S/C43H51N4O4S2/c1-10-25-50-39(48)29-15-13-17-31-36(29)46(8)33(42(31,4)5)23-21-27-19-20-28(38(27)53-41-45-44-35(12-3)52-41)22-24-34-43(6,7)32-18-14-16-30(37(32)47(34)9)40(49)51-26-11-2/h13-18,21-24H,10-12,19-20,25-26H2,1-9H3/q+1. The first-order valence-electron chi connectivity index (χ1n) is 18.6. The Morgan fingerprint density at radius 1 is 0.887 bits per heavy atom. The van der Waals surface area contributed by atoms with Gasteiger partial charge in [0.1, 0.15) is 17.6 Å². The molecule has 8 nitrogen and oxygen atoms in total. The van der Waals surface area contributed by atoms with Crippen LogP contribution in [0.15, 0.2) is 86.8 Å². The van der Waals surface area contributed by atoms with E-state index in [4.69, 9.17) is 9.47 Å². The summed E-state index contributed by atoms with van der Waals surface area (Å²) in [6.45, 7) is 15.8. The minimum absolute atomic E-state index is 0.284. The molecule has 0 atom stereocenters. The summed E-state index contributed by atoms with van der Waals surface area (Å²) in [6.07, 6.45) is 13.1. The summed E-state index contributed by atoms with van der Waals surface area (Å²) in [5, 5.41) is 9.97. The second kappa shape index (κ2) is 15.6. The van der Waals surface area contributed by atoms with Crippen molar-refractivity contribution in [2.45, 2.75) is 95.7 Å². The number of fused-ring (bicyclic) bond motifs is 2. The summed E-state index contributed by atoms with van der Waals surface area (Å²) in [4.78, 5) is 29.6. The number of hydrogen-bond donors (Lipinski definition) is 0. The van der Waals surface area contributed by atoms with Gasteiger partial charge in [-0.05, 0) is 80.9 Å². The lowest BCUT2D eigenvalue weighted by Gasteiger charge is -2.24. The van der Waals surface area contributed by atoms with Crippen molar-refractivity contribution >= 4 is 52.1 Å². The highest BCUT2D eigenvalue weighted by molar-refractivity contribution is 8.04. The third kappa shape index (κ3) is 7.20. The first-order chi connectivity index (χ1) is 25.3. The van der Waals surface area contributed by atoms with Crippen molar-refractivity contribution in [1.29, 1.82) is 0 Å². The van der Waals surface area contributed by atoms with Crippen LogP contribution in [-0.4, -0.2) is 59.7 Å². The van der Waals surface area contributed by atoms with E-state index in [1.54, 1.807) is 23.1 Å². The van der Waals surface area contributed by atoms with Gasteiger partial charge in [-0.3, -0.25) is 0 Å². The number of nitrogens with zero attached hydrogens (tertiary/aromatic N) is 4. The van der Waals surface area contributed by atoms with Gasteiger partial charge in [-0.2, -0.15) is 4.58 Å². The molecule has 0 fully saturated rings. The van der Waals surface area contributed by atoms with Crippen LogP contribution in [0.5, 0.6) is 0 Å². The van der Waals surface area contributed by atoms with Gasteiger partial charge in [0, 0.05) is 34.7 Å². The Kier molecular flexibility index (Phi) is 11.3. The minimum atomic E-state index is -0.318. The van der Waals surface area contributed by atoms with Gasteiger partial charge in [0.05, 0.1) is 29.9 Å². The van der Waals surface area contributed by atoms with Crippen molar-refractivity contribution in [2.24, 2.45) is 0 Å². The average Bonchev–Trinajstić information content (AvgIpc) is 3.86. The normalized spacial score (nSPS) is 18.8. The number of carbonyl (C=O) groups is 2. The summed E-state index contributed by atoms with van der Waals surface area (Å²) in [5.41, 5.74) is 9.31. The third-order valence-corrected chi connectivity index (χ3v) is 12.8. The van der Waals surface area contributed by atoms with Crippen LogP contribution in [0, 0.1) is 0 Å². The van der Waals surface area contributed by atoms with E-state index >= 15 is 0 Å². The Labute approximate surface area is 322 Å². The van der Waals surface area contributed by atoms with Crippen LogP contribution in [0.2, 0.25) is 0 Å². The number of carbonyl (C=O) groups excluding carboxylic acids is 2. The molecule has 0 saturated carbocycles. The van der Waals surface area contributed by atoms with E-state index in [9.17, 15) is 9.59 Å². The molecule has 0 spiro atoms. The van der Waals surface area contributed by atoms with E-state index in [0.717, 1.165) is 75.4 Å². The predicted octanol–water partition coefficient (Wildman–Crippen LogP) is 9.87. The first-order valence-corrected chi connectivity index (χ1v) is 20.3. The Hall–Kier alpha value is -4.28. The number of para-hydroxylation sites is 2. The highest BCUT2D eigenvalue weighted by Gasteiger charge is 2.45. The number of aromatic nitrogens is 2. The molecule has 0 bridgehead atoms. The lowest BCUT2D eigenvalue weighted by atomic mass is 9.80.